The van der Waals surface area contributed by atoms with Crippen LogP contribution in [0.15, 0.2) is 0 Å². The van der Waals surface area contributed by atoms with E-state index in [1.807, 2.05) is 0 Å². The standard InChI is InChI=1S/C14H25NO3/c1-14(2,3)8-9-15-12(16)10-6-4-5-7-11(10)13(17)18/h10-11H,4-9H2,1-3H3,(H,15,16)(H,17,18)/t10-,11+/m1/s1. The molecule has 0 aromatic carbocycles. The van der Waals surface area contributed by atoms with Crippen LogP contribution >= 0.6 is 0 Å². The van der Waals surface area contributed by atoms with Crippen LogP contribution in [0.25, 0.3) is 0 Å². The fourth-order valence-electron chi connectivity index (χ4n) is 2.43. The number of nitrogens with one attached hydrogen (secondary N) is 1. The van der Waals surface area contributed by atoms with Gasteiger partial charge in [0.15, 0.2) is 0 Å². The first-order valence-electron chi connectivity index (χ1n) is 6.82. The summed E-state index contributed by atoms with van der Waals surface area (Å²) in [6, 6.07) is 0. The van der Waals surface area contributed by atoms with Crippen molar-refractivity contribution in [1.29, 1.82) is 0 Å². The van der Waals surface area contributed by atoms with Gasteiger partial charge in [0.2, 0.25) is 5.91 Å². The van der Waals surface area contributed by atoms with Crippen LogP contribution in [0.3, 0.4) is 0 Å². The van der Waals surface area contributed by atoms with Gasteiger partial charge in [0.05, 0.1) is 11.8 Å². The van der Waals surface area contributed by atoms with E-state index in [1.165, 1.54) is 0 Å². The molecule has 0 saturated heterocycles. The van der Waals surface area contributed by atoms with E-state index in [2.05, 4.69) is 26.1 Å². The van der Waals surface area contributed by atoms with E-state index >= 15 is 0 Å². The molecule has 1 aliphatic rings. The number of carbonyl (C=O) groups excluding carboxylic acids is 1. The van der Waals surface area contributed by atoms with Crippen LogP contribution < -0.4 is 5.32 Å². The second kappa shape index (κ2) is 6.21. The number of carboxylic acid groups (broad SMARTS) is 1. The van der Waals surface area contributed by atoms with Gasteiger partial charge in [0, 0.05) is 6.54 Å². The second-order valence-corrected chi connectivity index (χ2v) is 6.44. The molecular weight excluding hydrogens is 230 g/mol. The number of aliphatic carboxylic acids is 1. The van der Waals surface area contributed by atoms with Crippen molar-refractivity contribution in [1.82, 2.24) is 5.32 Å². The zero-order chi connectivity index (χ0) is 13.8. The van der Waals surface area contributed by atoms with E-state index < -0.39 is 11.9 Å². The summed E-state index contributed by atoms with van der Waals surface area (Å²) in [5.74, 6) is -1.73. The lowest BCUT2D eigenvalue weighted by Gasteiger charge is -2.28. The molecule has 0 aromatic rings. The van der Waals surface area contributed by atoms with Gasteiger partial charge >= 0.3 is 5.97 Å². The molecule has 1 aliphatic carbocycles. The van der Waals surface area contributed by atoms with Crippen molar-refractivity contribution in [2.45, 2.75) is 52.9 Å². The summed E-state index contributed by atoms with van der Waals surface area (Å²) in [6.45, 7) is 7.00. The Bertz CT molecular complexity index is 307. The summed E-state index contributed by atoms with van der Waals surface area (Å²) in [5.41, 5.74) is 0.187. The van der Waals surface area contributed by atoms with Crippen LogP contribution in [0, 0.1) is 17.3 Å². The van der Waals surface area contributed by atoms with Crippen molar-refractivity contribution in [3.05, 3.63) is 0 Å². The van der Waals surface area contributed by atoms with E-state index in [0.717, 1.165) is 19.3 Å². The molecule has 0 aliphatic heterocycles. The first-order chi connectivity index (χ1) is 8.31. The van der Waals surface area contributed by atoms with Gasteiger partial charge in [-0.3, -0.25) is 9.59 Å². The predicted molar refractivity (Wildman–Crippen MR) is 70.2 cm³/mol. The maximum atomic E-state index is 12.0. The van der Waals surface area contributed by atoms with Gasteiger partial charge < -0.3 is 10.4 Å². The third kappa shape index (κ3) is 4.67. The summed E-state index contributed by atoms with van der Waals surface area (Å²) < 4.78 is 0. The van der Waals surface area contributed by atoms with Gasteiger partial charge in [-0.05, 0) is 24.7 Å². The Morgan fingerprint density at radius 3 is 2.22 bits per heavy atom. The Hall–Kier alpha value is -1.06. The van der Waals surface area contributed by atoms with Crippen molar-refractivity contribution in [2.24, 2.45) is 17.3 Å². The Balaban J connectivity index is 2.46. The van der Waals surface area contributed by atoms with Crippen molar-refractivity contribution in [3.8, 4) is 0 Å². The summed E-state index contributed by atoms with van der Waals surface area (Å²) >= 11 is 0. The quantitative estimate of drug-likeness (QED) is 0.810. The van der Waals surface area contributed by atoms with Gasteiger partial charge in [-0.15, -0.1) is 0 Å². The van der Waals surface area contributed by atoms with Crippen molar-refractivity contribution < 1.29 is 14.7 Å². The van der Waals surface area contributed by atoms with E-state index in [1.54, 1.807) is 0 Å². The first-order valence-corrected chi connectivity index (χ1v) is 6.82. The van der Waals surface area contributed by atoms with E-state index in [9.17, 15) is 9.59 Å². The lowest BCUT2D eigenvalue weighted by molar-refractivity contribution is -0.148. The molecule has 2 atom stereocenters. The molecule has 1 rings (SSSR count). The average Bonchev–Trinajstić information content (AvgIpc) is 2.27. The summed E-state index contributed by atoms with van der Waals surface area (Å²) in [5, 5.41) is 12.0. The number of carbonyl (C=O) groups is 2. The summed E-state index contributed by atoms with van der Waals surface area (Å²) in [7, 11) is 0. The highest BCUT2D eigenvalue weighted by molar-refractivity contribution is 5.84. The average molecular weight is 255 g/mol. The molecule has 18 heavy (non-hydrogen) atoms. The summed E-state index contributed by atoms with van der Waals surface area (Å²) in [4.78, 5) is 23.1. The van der Waals surface area contributed by atoms with Gasteiger partial charge in [0.1, 0.15) is 0 Å². The SMILES string of the molecule is CC(C)(C)CCNC(=O)[C@@H]1CCCC[C@@H]1C(=O)O. The van der Waals surface area contributed by atoms with Gasteiger partial charge in [-0.25, -0.2) is 0 Å². The molecule has 0 aromatic heterocycles. The number of carboxylic acids is 1. The predicted octanol–water partition coefficient (Wildman–Crippen LogP) is 2.43. The molecular formula is C14H25NO3. The topological polar surface area (TPSA) is 66.4 Å². The first kappa shape index (κ1) is 15.0. The monoisotopic (exact) mass is 255 g/mol. The highest BCUT2D eigenvalue weighted by Gasteiger charge is 2.35. The Labute approximate surface area is 109 Å². The smallest absolute Gasteiger partial charge is 0.307 e. The molecule has 0 bridgehead atoms. The molecule has 0 heterocycles. The maximum absolute atomic E-state index is 12.0. The normalized spacial score (nSPS) is 24.6. The lowest BCUT2D eigenvalue weighted by Crippen LogP contribution is -2.40. The third-order valence-corrected chi connectivity index (χ3v) is 3.59. The fraction of sp³-hybridized carbons (Fsp3) is 0.857. The molecule has 4 heteroatoms. The Morgan fingerprint density at radius 1 is 1.17 bits per heavy atom. The van der Waals surface area contributed by atoms with Crippen LogP contribution in [0.5, 0.6) is 0 Å². The van der Waals surface area contributed by atoms with E-state index in [4.69, 9.17) is 5.11 Å². The zero-order valence-corrected chi connectivity index (χ0v) is 11.7. The van der Waals surface area contributed by atoms with Gasteiger partial charge in [-0.2, -0.15) is 0 Å². The molecule has 0 spiro atoms. The van der Waals surface area contributed by atoms with Crippen molar-refractivity contribution >= 4 is 11.9 Å². The minimum atomic E-state index is -0.828. The fourth-order valence-corrected chi connectivity index (χ4v) is 2.43. The van der Waals surface area contributed by atoms with Crippen LogP contribution in [0.1, 0.15) is 52.9 Å². The highest BCUT2D eigenvalue weighted by atomic mass is 16.4. The van der Waals surface area contributed by atoms with E-state index in [-0.39, 0.29) is 17.2 Å². The second-order valence-electron chi connectivity index (χ2n) is 6.44. The largest absolute Gasteiger partial charge is 0.481 e. The third-order valence-electron chi connectivity index (χ3n) is 3.59. The van der Waals surface area contributed by atoms with Crippen LogP contribution in [0.2, 0.25) is 0 Å². The lowest BCUT2D eigenvalue weighted by atomic mass is 9.78. The molecule has 2 N–H and O–H groups in total. The molecule has 1 saturated carbocycles. The molecule has 4 nitrogen and oxygen atoms in total. The Morgan fingerprint density at radius 2 is 1.72 bits per heavy atom. The highest BCUT2D eigenvalue weighted by Crippen LogP contribution is 2.30. The van der Waals surface area contributed by atoms with Crippen LogP contribution in [-0.4, -0.2) is 23.5 Å². The maximum Gasteiger partial charge on any atom is 0.307 e. The summed E-state index contributed by atoms with van der Waals surface area (Å²) in [6.07, 6.45) is 4.12. The number of rotatable bonds is 4. The van der Waals surface area contributed by atoms with Crippen LogP contribution in [-0.2, 0) is 9.59 Å². The minimum absolute atomic E-state index is 0.0775. The van der Waals surface area contributed by atoms with Crippen molar-refractivity contribution in [2.75, 3.05) is 6.54 Å². The minimum Gasteiger partial charge on any atom is -0.481 e. The van der Waals surface area contributed by atoms with Crippen molar-refractivity contribution in [3.63, 3.8) is 0 Å². The molecule has 104 valence electrons. The molecule has 1 fully saturated rings. The molecule has 1 amide bonds. The number of amides is 1. The molecule has 0 unspecified atom stereocenters. The van der Waals surface area contributed by atoms with Gasteiger partial charge in [-0.1, -0.05) is 33.6 Å². The number of hydrogen-bond acceptors (Lipinski definition) is 2. The number of hydrogen-bond donors (Lipinski definition) is 2. The van der Waals surface area contributed by atoms with Crippen LogP contribution in [0.4, 0.5) is 0 Å². The Kier molecular flexibility index (Phi) is 5.17. The zero-order valence-electron chi connectivity index (χ0n) is 11.7. The molecule has 0 radical (unpaired) electrons. The van der Waals surface area contributed by atoms with Gasteiger partial charge in [0.25, 0.3) is 0 Å². The van der Waals surface area contributed by atoms with E-state index in [0.29, 0.717) is 19.4 Å².